The van der Waals surface area contributed by atoms with Crippen LogP contribution < -0.4 is 9.47 Å². The number of carbonyl (C=O) groups is 2. The van der Waals surface area contributed by atoms with Crippen molar-refractivity contribution in [3.05, 3.63) is 29.3 Å². The molecule has 0 atom stereocenters. The Bertz CT molecular complexity index is 928. The van der Waals surface area contributed by atoms with Gasteiger partial charge in [-0.25, -0.2) is 9.59 Å². The highest BCUT2D eigenvalue weighted by Gasteiger charge is 2.38. The van der Waals surface area contributed by atoms with Crippen LogP contribution in [0.3, 0.4) is 0 Å². The van der Waals surface area contributed by atoms with Gasteiger partial charge in [-0.2, -0.15) is 0 Å². The van der Waals surface area contributed by atoms with Gasteiger partial charge in [0.1, 0.15) is 5.57 Å². The van der Waals surface area contributed by atoms with E-state index in [0.717, 1.165) is 25.7 Å². The van der Waals surface area contributed by atoms with Gasteiger partial charge in [-0.15, -0.1) is 0 Å². The molecule has 1 heterocycles. The summed E-state index contributed by atoms with van der Waals surface area (Å²) in [6, 6.07) is 5.52. The highest BCUT2D eigenvalue weighted by atomic mass is 16.7. The molecule has 0 amide bonds. The Hall–Kier alpha value is -2.50. The molecule has 0 aromatic heterocycles. The van der Waals surface area contributed by atoms with Crippen LogP contribution in [0.25, 0.3) is 6.08 Å². The summed E-state index contributed by atoms with van der Waals surface area (Å²) in [6.07, 6.45) is 27.0. The minimum atomic E-state index is -1.26. The van der Waals surface area contributed by atoms with Crippen molar-refractivity contribution in [2.24, 2.45) is 0 Å². The molecule has 6 nitrogen and oxygen atoms in total. The van der Waals surface area contributed by atoms with Crippen molar-refractivity contribution in [2.75, 3.05) is 13.2 Å². The van der Waals surface area contributed by atoms with E-state index in [-0.39, 0.29) is 5.57 Å². The van der Waals surface area contributed by atoms with Gasteiger partial charge in [0.2, 0.25) is 0 Å². The maximum atomic E-state index is 12.4. The second-order valence-electron chi connectivity index (χ2n) is 12.5. The van der Waals surface area contributed by atoms with Crippen LogP contribution in [-0.4, -0.2) is 30.9 Å². The molecule has 1 aromatic rings. The Balaban J connectivity index is 1.85. The molecular weight excluding hydrogens is 540 g/mol. The van der Waals surface area contributed by atoms with Gasteiger partial charge in [0.25, 0.3) is 5.79 Å². The van der Waals surface area contributed by atoms with E-state index < -0.39 is 17.7 Å². The van der Waals surface area contributed by atoms with Crippen molar-refractivity contribution < 1.29 is 28.5 Å². The molecule has 1 aromatic carbocycles. The number of ether oxygens (including phenoxy) is 4. The molecule has 244 valence electrons. The van der Waals surface area contributed by atoms with E-state index in [0.29, 0.717) is 30.3 Å². The largest absolute Gasteiger partial charge is 0.490 e. The number of cyclic esters (lactones) is 2. The molecule has 0 N–H and O–H groups in total. The Kier molecular flexibility index (Phi) is 18.8. The zero-order valence-corrected chi connectivity index (χ0v) is 27.8. The maximum absolute atomic E-state index is 12.4. The number of benzene rings is 1. The third-order valence-electron chi connectivity index (χ3n) is 7.91. The van der Waals surface area contributed by atoms with Crippen LogP contribution >= 0.6 is 0 Å². The van der Waals surface area contributed by atoms with Gasteiger partial charge in [0, 0.05) is 13.8 Å². The van der Waals surface area contributed by atoms with Crippen molar-refractivity contribution in [2.45, 2.75) is 162 Å². The van der Waals surface area contributed by atoms with Crippen molar-refractivity contribution >= 4 is 18.0 Å². The van der Waals surface area contributed by atoms with Crippen LogP contribution in [-0.2, 0) is 19.1 Å². The highest BCUT2D eigenvalue weighted by Crippen LogP contribution is 2.31. The lowest BCUT2D eigenvalue weighted by molar-refractivity contribution is -0.222. The molecule has 1 aliphatic heterocycles. The summed E-state index contributed by atoms with van der Waals surface area (Å²) in [7, 11) is 0. The molecule has 1 saturated heterocycles. The molecule has 6 heteroatoms. The van der Waals surface area contributed by atoms with Crippen LogP contribution in [0, 0.1) is 0 Å². The average molecular weight is 601 g/mol. The van der Waals surface area contributed by atoms with Crippen LogP contribution in [0.4, 0.5) is 0 Å². The second-order valence-corrected chi connectivity index (χ2v) is 12.5. The van der Waals surface area contributed by atoms with E-state index in [1.54, 1.807) is 13.8 Å². The van der Waals surface area contributed by atoms with Gasteiger partial charge in [0.05, 0.1) is 13.2 Å². The Morgan fingerprint density at radius 1 is 0.581 bits per heavy atom. The fraction of sp³-hybridized carbons (Fsp3) is 0.730. The lowest BCUT2D eigenvalue weighted by Gasteiger charge is -2.29. The smallest absolute Gasteiger partial charge is 0.348 e. The molecule has 1 fully saturated rings. The minimum absolute atomic E-state index is 0.126. The molecule has 2 rings (SSSR count). The summed E-state index contributed by atoms with van der Waals surface area (Å²) in [5.41, 5.74) is 0.534. The Morgan fingerprint density at radius 2 is 0.977 bits per heavy atom. The second kappa shape index (κ2) is 22.1. The van der Waals surface area contributed by atoms with Gasteiger partial charge in [-0.1, -0.05) is 135 Å². The van der Waals surface area contributed by atoms with Crippen LogP contribution in [0.5, 0.6) is 11.5 Å². The minimum Gasteiger partial charge on any atom is -0.490 e. The first-order valence-electron chi connectivity index (χ1n) is 17.4. The first-order chi connectivity index (χ1) is 20.9. The van der Waals surface area contributed by atoms with E-state index >= 15 is 0 Å². The molecule has 0 bridgehead atoms. The van der Waals surface area contributed by atoms with Gasteiger partial charge in [-0.3, -0.25) is 0 Å². The zero-order chi connectivity index (χ0) is 31.2. The Labute approximate surface area is 262 Å². The van der Waals surface area contributed by atoms with E-state index in [2.05, 4.69) is 13.8 Å². The predicted octanol–water partition coefficient (Wildman–Crippen LogP) is 10.5. The molecule has 0 unspecified atom stereocenters. The van der Waals surface area contributed by atoms with Crippen molar-refractivity contribution in [3.63, 3.8) is 0 Å². The molecule has 43 heavy (non-hydrogen) atoms. The summed E-state index contributed by atoms with van der Waals surface area (Å²) in [5.74, 6) is -1.30. The highest BCUT2D eigenvalue weighted by molar-refractivity contribution is 6.18. The molecule has 1 aliphatic rings. The summed E-state index contributed by atoms with van der Waals surface area (Å²) >= 11 is 0. The Morgan fingerprint density at radius 3 is 1.42 bits per heavy atom. The van der Waals surface area contributed by atoms with Crippen LogP contribution in [0.15, 0.2) is 23.8 Å². The van der Waals surface area contributed by atoms with Crippen molar-refractivity contribution in [1.29, 1.82) is 0 Å². The SMILES string of the molecule is CCCCCCCCCCCCOc1ccc(C=C2C(=O)OC(C)(C)OC2=O)cc1OCCCCCCCCCCCC. The summed E-state index contributed by atoms with van der Waals surface area (Å²) in [4.78, 5) is 24.9. The number of unbranched alkanes of at least 4 members (excludes halogenated alkanes) is 18. The standard InChI is InChI=1S/C37H60O6/c1-5-7-9-11-13-15-17-19-21-23-27-40-33-26-25-31(29-32-35(38)42-37(3,4)43-36(32)39)30-34(33)41-28-24-22-20-18-16-14-12-10-8-6-2/h25-26,29-30H,5-24,27-28H2,1-4H3. The van der Waals surface area contributed by atoms with E-state index in [9.17, 15) is 9.59 Å². The molecule has 0 saturated carbocycles. The van der Waals surface area contributed by atoms with Crippen LogP contribution in [0.2, 0.25) is 0 Å². The fourth-order valence-corrected chi connectivity index (χ4v) is 5.33. The maximum Gasteiger partial charge on any atom is 0.348 e. The summed E-state index contributed by atoms with van der Waals surface area (Å²) in [5, 5.41) is 0. The quantitative estimate of drug-likeness (QED) is 0.0481. The van der Waals surface area contributed by atoms with E-state index in [4.69, 9.17) is 18.9 Å². The normalized spacial score (nSPS) is 14.4. The van der Waals surface area contributed by atoms with Gasteiger partial charge >= 0.3 is 11.9 Å². The monoisotopic (exact) mass is 600 g/mol. The number of hydrogen-bond acceptors (Lipinski definition) is 6. The van der Waals surface area contributed by atoms with E-state index in [1.165, 1.54) is 109 Å². The number of esters is 2. The van der Waals surface area contributed by atoms with Gasteiger partial charge < -0.3 is 18.9 Å². The zero-order valence-electron chi connectivity index (χ0n) is 27.8. The topological polar surface area (TPSA) is 71.1 Å². The lowest BCUT2D eigenvalue weighted by atomic mass is 10.1. The average Bonchev–Trinajstić information content (AvgIpc) is 2.97. The summed E-state index contributed by atoms with van der Waals surface area (Å²) in [6.45, 7) is 8.84. The molecule has 0 spiro atoms. The van der Waals surface area contributed by atoms with E-state index in [1.807, 2.05) is 18.2 Å². The predicted molar refractivity (Wildman–Crippen MR) is 175 cm³/mol. The number of carbonyl (C=O) groups excluding carboxylic acids is 2. The third kappa shape index (κ3) is 16.2. The molecule has 0 aliphatic carbocycles. The van der Waals surface area contributed by atoms with Crippen molar-refractivity contribution in [1.82, 2.24) is 0 Å². The number of rotatable bonds is 25. The van der Waals surface area contributed by atoms with Crippen LogP contribution in [0.1, 0.15) is 162 Å². The van der Waals surface area contributed by atoms with Crippen molar-refractivity contribution in [3.8, 4) is 11.5 Å². The van der Waals surface area contributed by atoms with Gasteiger partial charge in [-0.05, 0) is 36.6 Å². The fourth-order valence-electron chi connectivity index (χ4n) is 5.33. The first kappa shape index (κ1) is 36.7. The lowest BCUT2D eigenvalue weighted by Crippen LogP contribution is -2.41. The van der Waals surface area contributed by atoms with Gasteiger partial charge in [0.15, 0.2) is 11.5 Å². The molecular formula is C37H60O6. The third-order valence-corrected chi connectivity index (χ3v) is 7.91. The molecule has 0 radical (unpaired) electrons. The summed E-state index contributed by atoms with van der Waals surface area (Å²) < 4.78 is 22.8. The first-order valence-corrected chi connectivity index (χ1v) is 17.4. The number of hydrogen-bond donors (Lipinski definition) is 0.